The second-order valence-electron chi connectivity index (χ2n) is 4.95. The first-order valence-corrected chi connectivity index (χ1v) is 5.99. The van der Waals surface area contributed by atoms with Crippen LogP contribution in [0.1, 0.15) is 25.5 Å². The van der Waals surface area contributed by atoms with Crippen LogP contribution in [0.25, 0.3) is 11.3 Å². The normalized spacial score (nSPS) is 19.2. The summed E-state index contributed by atoms with van der Waals surface area (Å²) in [6, 6.07) is 8.25. The molecule has 2 atom stereocenters. The summed E-state index contributed by atoms with van der Waals surface area (Å²) < 4.78 is 2.08. The molecule has 1 aliphatic heterocycles. The van der Waals surface area contributed by atoms with E-state index >= 15 is 0 Å². The highest BCUT2D eigenvalue weighted by Crippen LogP contribution is 2.41. The molecule has 0 fully saturated rings. The van der Waals surface area contributed by atoms with Crippen LogP contribution < -0.4 is 0 Å². The minimum atomic E-state index is -0.383. The summed E-state index contributed by atoms with van der Waals surface area (Å²) >= 11 is 0. The fourth-order valence-electron chi connectivity index (χ4n) is 2.59. The second kappa shape index (κ2) is 3.70. The molecule has 1 aromatic carbocycles. The van der Waals surface area contributed by atoms with Gasteiger partial charge in [0.2, 0.25) is 0 Å². The Morgan fingerprint density at radius 2 is 2.06 bits per heavy atom. The van der Waals surface area contributed by atoms with Gasteiger partial charge in [0.15, 0.2) is 0 Å². The maximum Gasteiger partial charge on any atom is 0.0957 e. The van der Waals surface area contributed by atoms with Gasteiger partial charge in [0.25, 0.3) is 0 Å². The maximum absolute atomic E-state index is 10.4. The lowest BCUT2D eigenvalue weighted by Gasteiger charge is -2.24. The number of aliphatic hydroxyl groups is 1. The van der Waals surface area contributed by atoms with E-state index in [9.17, 15) is 5.11 Å². The van der Waals surface area contributed by atoms with Crippen LogP contribution in [0.3, 0.4) is 0 Å². The number of benzene rings is 1. The van der Waals surface area contributed by atoms with Gasteiger partial charge in [0, 0.05) is 5.56 Å². The molecule has 1 aliphatic rings. The molecule has 0 saturated heterocycles. The third kappa shape index (κ3) is 1.42. The first-order chi connectivity index (χ1) is 8.20. The van der Waals surface area contributed by atoms with Gasteiger partial charge in [0.1, 0.15) is 0 Å². The van der Waals surface area contributed by atoms with E-state index in [1.807, 2.05) is 38.5 Å². The lowest BCUT2D eigenvalue weighted by molar-refractivity contribution is 0.0880. The molecular formula is C14H16N2O. The summed E-state index contributed by atoms with van der Waals surface area (Å²) in [6.07, 6.45) is 3.30. The third-order valence-corrected chi connectivity index (χ3v) is 3.53. The molecule has 88 valence electrons. The molecule has 1 N–H and O–H groups in total. The minimum Gasteiger partial charge on any atom is -0.390 e. The molecule has 3 heteroatoms. The van der Waals surface area contributed by atoms with Gasteiger partial charge in [0.05, 0.1) is 30.4 Å². The van der Waals surface area contributed by atoms with Gasteiger partial charge in [-0.3, -0.25) is 0 Å². The maximum atomic E-state index is 10.4. The molecule has 1 unspecified atom stereocenters. The van der Waals surface area contributed by atoms with Crippen molar-refractivity contribution in [2.24, 2.45) is 5.92 Å². The van der Waals surface area contributed by atoms with Crippen LogP contribution in [-0.2, 0) is 0 Å². The number of hydrogen-bond acceptors (Lipinski definition) is 2. The first kappa shape index (κ1) is 10.5. The van der Waals surface area contributed by atoms with Crippen LogP contribution in [-0.4, -0.2) is 20.8 Å². The number of fused-ring (bicyclic) bond motifs is 3. The van der Waals surface area contributed by atoms with Crippen molar-refractivity contribution >= 4 is 0 Å². The monoisotopic (exact) mass is 228 g/mol. The van der Waals surface area contributed by atoms with Gasteiger partial charge in [-0.15, -0.1) is 0 Å². The molecule has 0 amide bonds. The van der Waals surface area contributed by atoms with Crippen LogP contribution >= 0.6 is 0 Å². The van der Waals surface area contributed by atoms with E-state index in [1.54, 1.807) is 0 Å². The summed E-state index contributed by atoms with van der Waals surface area (Å²) in [6.45, 7) is 4.09. The molecule has 17 heavy (non-hydrogen) atoms. The van der Waals surface area contributed by atoms with Crippen molar-refractivity contribution in [3.8, 4) is 11.3 Å². The highest BCUT2D eigenvalue weighted by atomic mass is 16.3. The predicted molar refractivity (Wildman–Crippen MR) is 66.6 cm³/mol. The molecule has 1 aromatic heterocycles. The summed E-state index contributed by atoms with van der Waals surface area (Å²) in [7, 11) is 0. The van der Waals surface area contributed by atoms with Gasteiger partial charge >= 0.3 is 0 Å². The number of aromatic nitrogens is 2. The quantitative estimate of drug-likeness (QED) is 0.857. The average Bonchev–Trinajstić information content (AvgIpc) is 2.87. The SMILES string of the molecule is CC(C)[C@@H](O)C1c2ccccc2-c2cncn21. The Hall–Kier alpha value is -1.61. The zero-order valence-electron chi connectivity index (χ0n) is 10.0. The van der Waals surface area contributed by atoms with Crippen molar-refractivity contribution < 1.29 is 5.11 Å². The Labute approximate surface area is 101 Å². The summed E-state index contributed by atoms with van der Waals surface area (Å²) in [5.41, 5.74) is 3.49. The minimum absolute atomic E-state index is 0.00343. The Bertz CT molecular complexity index is 545. The van der Waals surface area contributed by atoms with E-state index < -0.39 is 0 Å². The lowest BCUT2D eigenvalue weighted by atomic mass is 9.93. The number of nitrogens with zero attached hydrogens (tertiary/aromatic N) is 2. The molecule has 0 saturated carbocycles. The van der Waals surface area contributed by atoms with E-state index in [1.165, 1.54) is 11.1 Å². The highest BCUT2D eigenvalue weighted by Gasteiger charge is 2.34. The zero-order chi connectivity index (χ0) is 12.0. The topological polar surface area (TPSA) is 38.1 Å². The van der Waals surface area contributed by atoms with Crippen LogP contribution in [0, 0.1) is 5.92 Å². The second-order valence-corrected chi connectivity index (χ2v) is 4.95. The first-order valence-electron chi connectivity index (χ1n) is 5.99. The lowest BCUT2D eigenvalue weighted by Crippen LogP contribution is -2.27. The number of imidazole rings is 1. The molecular weight excluding hydrogens is 212 g/mol. The Kier molecular flexibility index (Phi) is 2.30. The smallest absolute Gasteiger partial charge is 0.0957 e. The molecule has 0 aliphatic carbocycles. The van der Waals surface area contributed by atoms with E-state index in [0.717, 1.165) is 5.69 Å². The van der Waals surface area contributed by atoms with Gasteiger partial charge in [-0.2, -0.15) is 0 Å². The largest absolute Gasteiger partial charge is 0.390 e. The Morgan fingerprint density at radius 3 is 2.82 bits per heavy atom. The number of aliphatic hydroxyl groups excluding tert-OH is 1. The van der Waals surface area contributed by atoms with Crippen molar-refractivity contribution in [3.05, 3.63) is 42.4 Å². The standard InChI is InChI=1S/C14H16N2O/c1-9(2)14(17)13-11-6-4-3-5-10(11)12-7-15-8-16(12)13/h3-9,13-14,17H,1-2H3/t13?,14-/m1/s1. The van der Waals surface area contributed by atoms with Gasteiger partial charge < -0.3 is 9.67 Å². The summed E-state index contributed by atoms with van der Waals surface area (Å²) in [5, 5.41) is 10.4. The van der Waals surface area contributed by atoms with Crippen molar-refractivity contribution in [1.82, 2.24) is 9.55 Å². The molecule has 0 spiro atoms. The zero-order valence-corrected chi connectivity index (χ0v) is 10.0. The Balaban J connectivity index is 2.17. The van der Waals surface area contributed by atoms with E-state index in [-0.39, 0.29) is 18.1 Å². The van der Waals surface area contributed by atoms with Crippen molar-refractivity contribution in [2.75, 3.05) is 0 Å². The van der Waals surface area contributed by atoms with Crippen LogP contribution in [0.2, 0.25) is 0 Å². The predicted octanol–water partition coefficient (Wildman–Crippen LogP) is 2.47. The number of rotatable bonds is 2. The van der Waals surface area contributed by atoms with Gasteiger partial charge in [-0.1, -0.05) is 38.1 Å². The molecule has 3 nitrogen and oxygen atoms in total. The molecule has 3 rings (SSSR count). The van der Waals surface area contributed by atoms with Crippen LogP contribution in [0.4, 0.5) is 0 Å². The Morgan fingerprint density at radius 1 is 1.29 bits per heavy atom. The van der Waals surface area contributed by atoms with Crippen LogP contribution in [0.5, 0.6) is 0 Å². The summed E-state index contributed by atoms with van der Waals surface area (Å²) in [4.78, 5) is 4.19. The molecule has 2 aromatic rings. The van der Waals surface area contributed by atoms with Crippen molar-refractivity contribution in [1.29, 1.82) is 0 Å². The summed E-state index contributed by atoms with van der Waals surface area (Å²) in [5.74, 6) is 0.224. The average molecular weight is 228 g/mol. The highest BCUT2D eigenvalue weighted by molar-refractivity contribution is 5.69. The fourth-order valence-corrected chi connectivity index (χ4v) is 2.59. The number of hydrogen-bond donors (Lipinski definition) is 1. The van der Waals surface area contributed by atoms with Crippen molar-refractivity contribution in [2.45, 2.75) is 26.0 Å². The van der Waals surface area contributed by atoms with E-state index in [2.05, 4.69) is 21.7 Å². The van der Waals surface area contributed by atoms with Gasteiger partial charge in [-0.05, 0) is 11.5 Å². The van der Waals surface area contributed by atoms with E-state index in [0.29, 0.717) is 0 Å². The molecule has 0 radical (unpaired) electrons. The van der Waals surface area contributed by atoms with Crippen LogP contribution in [0.15, 0.2) is 36.8 Å². The molecule has 0 bridgehead atoms. The van der Waals surface area contributed by atoms with Crippen molar-refractivity contribution in [3.63, 3.8) is 0 Å². The van der Waals surface area contributed by atoms with E-state index in [4.69, 9.17) is 0 Å². The molecule has 2 heterocycles. The van der Waals surface area contributed by atoms with Gasteiger partial charge in [-0.25, -0.2) is 4.98 Å². The fraction of sp³-hybridized carbons (Fsp3) is 0.357. The third-order valence-electron chi connectivity index (χ3n) is 3.53.